The summed E-state index contributed by atoms with van der Waals surface area (Å²) in [7, 11) is 0. The van der Waals surface area contributed by atoms with Crippen LogP contribution in [-0.4, -0.2) is 28.6 Å². The second-order valence-electron chi connectivity index (χ2n) is 6.21. The molecule has 1 heterocycles. The summed E-state index contributed by atoms with van der Waals surface area (Å²) in [6.07, 6.45) is 2.23. The van der Waals surface area contributed by atoms with E-state index in [4.69, 9.17) is 0 Å². The van der Waals surface area contributed by atoms with Crippen LogP contribution < -0.4 is 10.6 Å². The Balaban J connectivity index is 2.37. The largest absolute Gasteiger partial charge is 0.481 e. The number of carbonyl (C=O) groups excluding carboxylic acids is 1. The summed E-state index contributed by atoms with van der Waals surface area (Å²) in [6, 6.07) is -0.360. The first-order valence-corrected chi connectivity index (χ1v) is 7.65. The van der Waals surface area contributed by atoms with Crippen molar-refractivity contribution < 1.29 is 14.7 Å². The quantitative estimate of drug-likeness (QED) is 0.752. The molecule has 0 spiro atoms. The van der Waals surface area contributed by atoms with Crippen LogP contribution in [0.2, 0.25) is 0 Å². The molecule has 0 aliphatic carbocycles. The topological polar surface area (TPSA) is 91.3 Å². The zero-order valence-corrected chi connectivity index (χ0v) is 13.7. The standard InChI is InChI=1S/C14H23N3O3S/c1-9-15-7-11(21-9)8-17-13(20)16-6-10(12(18)19)5-14(2,3)4/h7,10H,5-6,8H2,1-4H3,(H,18,19)(H2,16,17,20). The molecule has 0 aliphatic heterocycles. The summed E-state index contributed by atoms with van der Waals surface area (Å²) >= 11 is 1.52. The minimum Gasteiger partial charge on any atom is -0.481 e. The van der Waals surface area contributed by atoms with Gasteiger partial charge in [0.15, 0.2) is 0 Å². The summed E-state index contributed by atoms with van der Waals surface area (Å²) in [6.45, 7) is 8.37. The minimum atomic E-state index is -0.886. The van der Waals surface area contributed by atoms with E-state index >= 15 is 0 Å². The lowest BCUT2D eigenvalue weighted by atomic mass is 9.84. The average Bonchev–Trinajstić information content (AvgIpc) is 2.76. The second kappa shape index (κ2) is 7.40. The van der Waals surface area contributed by atoms with E-state index in [9.17, 15) is 14.7 Å². The maximum Gasteiger partial charge on any atom is 0.315 e. The summed E-state index contributed by atoms with van der Waals surface area (Å²) < 4.78 is 0. The number of carbonyl (C=O) groups is 2. The van der Waals surface area contributed by atoms with Gasteiger partial charge in [0.1, 0.15) is 0 Å². The number of hydrogen-bond donors (Lipinski definition) is 3. The molecule has 0 bridgehead atoms. The number of carboxylic acid groups (broad SMARTS) is 1. The van der Waals surface area contributed by atoms with E-state index in [0.29, 0.717) is 13.0 Å². The molecule has 21 heavy (non-hydrogen) atoms. The predicted molar refractivity (Wildman–Crippen MR) is 82.3 cm³/mol. The van der Waals surface area contributed by atoms with Crippen molar-refractivity contribution in [2.45, 2.75) is 40.7 Å². The van der Waals surface area contributed by atoms with Crippen LogP contribution in [0.5, 0.6) is 0 Å². The van der Waals surface area contributed by atoms with Crippen LogP contribution in [0, 0.1) is 18.3 Å². The number of aliphatic carboxylic acids is 1. The molecule has 0 fully saturated rings. The maximum absolute atomic E-state index is 11.7. The molecule has 3 N–H and O–H groups in total. The number of urea groups is 1. The monoisotopic (exact) mass is 313 g/mol. The number of nitrogens with zero attached hydrogens (tertiary/aromatic N) is 1. The Morgan fingerprint density at radius 3 is 2.52 bits per heavy atom. The number of aromatic nitrogens is 1. The van der Waals surface area contributed by atoms with Crippen molar-refractivity contribution >= 4 is 23.3 Å². The average molecular weight is 313 g/mol. The van der Waals surface area contributed by atoms with Crippen LogP contribution in [0.4, 0.5) is 4.79 Å². The van der Waals surface area contributed by atoms with Crippen molar-refractivity contribution in [1.82, 2.24) is 15.6 Å². The van der Waals surface area contributed by atoms with Crippen molar-refractivity contribution in [1.29, 1.82) is 0 Å². The SMILES string of the molecule is Cc1ncc(CNC(=O)NCC(CC(C)(C)C)C(=O)O)s1. The van der Waals surface area contributed by atoms with Crippen LogP contribution in [0.15, 0.2) is 6.20 Å². The smallest absolute Gasteiger partial charge is 0.315 e. The molecular formula is C14H23N3O3S. The van der Waals surface area contributed by atoms with E-state index in [0.717, 1.165) is 9.88 Å². The fraction of sp³-hybridized carbons (Fsp3) is 0.643. The molecule has 1 unspecified atom stereocenters. The van der Waals surface area contributed by atoms with Gasteiger partial charge in [-0.25, -0.2) is 9.78 Å². The molecular weight excluding hydrogens is 290 g/mol. The van der Waals surface area contributed by atoms with Crippen LogP contribution >= 0.6 is 11.3 Å². The number of thiazole rings is 1. The number of rotatable bonds is 6. The van der Waals surface area contributed by atoms with Crippen molar-refractivity contribution in [3.05, 3.63) is 16.1 Å². The third-order valence-corrected chi connectivity index (χ3v) is 3.72. The molecule has 1 aromatic rings. The fourth-order valence-electron chi connectivity index (χ4n) is 1.92. The highest BCUT2D eigenvalue weighted by Crippen LogP contribution is 2.24. The van der Waals surface area contributed by atoms with Gasteiger partial charge >= 0.3 is 12.0 Å². The van der Waals surface area contributed by atoms with Gasteiger partial charge in [-0.3, -0.25) is 4.79 Å². The lowest BCUT2D eigenvalue weighted by Gasteiger charge is -2.23. The highest BCUT2D eigenvalue weighted by Gasteiger charge is 2.24. The molecule has 0 saturated carbocycles. The molecule has 0 aliphatic rings. The summed E-state index contributed by atoms with van der Waals surface area (Å²) in [5, 5.41) is 15.4. The number of aryl methyl sites for hydroxylation is 1. The Bertz CT molecular complexity index is 494. The van der Waals surface area contributed by atoms with Gasteiger partial charge in [-0.15, -0.1) is 11.3 Å². The molecule has 0 saturated heterocycles. The van der Waals surface area contributed by atoms with Gasteiger partial charge in [0, 0.05) is 17.6 Å². The maximum atomic E-state index is 11.7. The van der Waals surface area contributed by atoms with Crippen LogP contribution in [0.25, 0.3) is 0 Å². The second-order valence-corrected chi connectivity index (χ2v) is 7.53. The number of hydrogen-bond acceptors (Lipinski definition) is 4. The van der Waals surface area contributed by atoms with Gasteiger partial charge in [0.2, 0.25) is 0 Å². The first-order chi connectivity index (χ1) is 9.67. The normalized spacial score (nSPS) is 12.8. The van der Waals surface area contributed by atoms with Gasteiger partial charge in [-0.05, 0) is 18.8 Å². The van der Waals surface area contributed by atoms with E-state index in [1.807, 2.05) is 27.7 Å². The Morgan fingerprint density at radius 1 is 1.38 bits per heavy atom. The molecule has 1 aromatic heterocycles. The first kappa shape index (κ1) is 17.4. The van der Waals surface area contributed by atoms with Crippen LogP contribution in [0.3, 0.4) is 0 Å². The highest BCUT2D eigenvalue weighted by atomic mass is 32.1. The van der Waals surface area contributed by atoms with Gasteiger partial charge in [-0.2, -0.15) is 0 Å². The van der Waals surface area contributed by atoms with E-state index in [1.54, 1.807) is 6.20 Å². The van der Waals surface area contributed by atoms with Crippen molar-refractivity contribution in [3.8, 4) is 0 Å². The Morgan fingerprint density at radius 2 is 2.05 bits per heavy atom. The van der Waals surface area contributed by atoms with E-state index in [2.05, 4.69) is 15.6 Å². The van der Waals surface area contributed by atoms with E-state index in [1.165, 1.54) is 11.3 Å². The molecule has 6 nitrogen and oxygen atoms in total. The summed E-state index contributed by atoms with van der Waals surface area (Å²) in [5.74, 6) is -1.47. The van der Waals surface area contributed by atoms with Gasteiger partial charge < -0.3 is 15.7 Å². The van der Waals surface area contributed by atoms with Crippen molar-refractivity contribution in [3.63, 3.8) is 0 Å². The predicted octanol–water partition coefficient (Wildman–Crippen LogP) is 2.39. The minimum absolute atomic E-state index is 0.0959. The number of amides is 2. The lowest BCUT2D eigenvalue weighted by molar-refractivity contribution is -0.142. The molecule has 1 rings (SSSR count). The Labute approximate surface area is 129 Å². The summed E-state index contributed by atoms with van der Waals surface area (Å²) in [4.78, 5) is 27.9. The Hall–Kier alpha value is -1.63. The van der Waals surface area contributed by atoms with Gasteiger partial charge in [0.25, 0.3) is 0 Å². The fourth-order valence-corrected chi connectivity index (χ4v) is 2.65. The van der Waals surface area contributed by atoms with Crippen molar-refractivity contribution in [2.75, 3.05) is 6.54 Å². The summed E-state index contributed by atoms with van der Waals surface area (Å²) in [5.41, 5.74) is -0.0959. The molecule has 0 radical (unpaired) electrons. The zero-order chi connectivity index (χ0) is 16.0. The van der Waals surface area contributed by atoms with E-state index in [-0.39, 0.29) is 18.0 Å². The number of nitrogens with one attached hydrogen (secondary N) is 2. The molecule has 2 amide bonds. The molecule has 7 heteroatoms. The van der Waals surface area contributed by atoms with Crippen LogP contribution in [0.1, 0.15) is 37.1 Å². The van der Waals surface area contributed by atoms with Crippen molar-refractivity contribution in [2.24, 2.45) is 11.3 Å². The number of carboxylic acids is 1. The van der Waals surface area contributed by atoms with Gasteiger partial charge in [0.05, 0.1) is 17.5 Å². The zero-order valence-electron chi connectivity index (χ0n) is 12.9. The third-order valence-electron chi connectivity index (χ3n) is 2.81. The third kappa shape index (κ3) is 7.08. The Kier molecular flexibility index (Phi) is 6.14. The van der Waals surface area contributed by atoms with E-state index < -0.39 is 11.9 Å². The van der Waals surface area contributed by atoms with Crippen LogP contribution in [-0.2, 0) is 11.3 Å². The molecule has 0 aromatic carbocycles. The molecule has 118 valence electrons. The highest BCUT2D eigenvalue weighted by molar-refractivity contribution is 7.11. The first-order valence-electron chi connectivity index (χ1n) is 6.83. The molecule has 1 atom stereocenters. The van der Waals surface area contributed by atoms with Gasteiger partial charge in [-0.1, -0.05) is 20.8 Å². The lowest BCUT2D eigenvalue weighted by Crippen LogP contribution is -2.40.